The number of aliphatic hydroxyl groups excluding tert-OH is 2. The van der Waals surface area contributed by atoms with Gasteiger partial charge in [-0.3, -0.25) is 4.79 Å². The molecule has 1 spiro atoms. The first kappa shape index (κ1) is 22.2. The third-order valence-corrected chi connectivity index (χ3v) is 12.1. The molecule has 0 aromatic rings. The summed E-state index contributed by atoms with van der Waals surface area (Å²) < 4.78 is 18.4. The summed E-state index contributed by atoms with van der Waals surface area (Å²) in [4.78, 5) is 13.3. The van der Waals surface area contributed by atoms with Gasteiger partial charge in [-0.15, -0.1) is 0 Å². The van der Waals surface area contributed by atoms with Crippen LogP contribution in [0.4, 0.5) is 0 Å². The molecule has 6 heteroatoms. The largest absolute Gasteiger partial charge is 0.389 e. The van der Waals surface area contributed by atoms with Crippen LogP contribution in [0.5, 0.6) is 0 Å². The molecule has 2 N–H and O–H groups in total. The smallest absolute Gasteiger partial charge is 0.186 e. The van der Waals surface area contributed by atoms with Gasteiger partial charge in [-0.25, -0.2) is 0 Å². The van der Waals surface area contributed by atoms with Gasteiger partial charge in [0, 0.05) is 18.3 Å². The molecule has 4 aliphatic carbocycles. The maximum Gasteiger partial charge on any atom is 0.186 e. The minimum Gasteiger partial charge on any atom is -0.389 e. The van der Waals surface area contributed by atoms with Crippen molar-refractivity contribution >= 4 is 5.78 Å². The molecule has 7 aliphatic rings. The van der Waals surface area contributed by atoms with E-state index in [4.69, 9.17) is 14.2 Å². The fourth-order valence-electron chi connectivity index (χ4n) is 9.70. The van der Waals surface area contributed by atoms with Gasteiger partial charge in [-0.05, 0) is 69.8 Å². The topological polar surface area (TPSA) is 91.8 Å². The van der Waals surface area contributed by atoms with E-state index in [1.807, 2.05) is 13.0 Å². The molecule has 0 aromatic heterocycles. The van der Waals surface area contributed by atoms with Gasteiger partial charge in [-0.1, -0.05) is 31.6 Å². The summed E-state index contributed by atoms with van der Waals surface area (Å²) in [7, 11) is 0. The van der Waals surface area contributed by atoms with Crippen molar-refractivity contribution < 1.29 is 29.2 Å². The van der Waals surface area contributed by atoms with Crippen molar-refractivity contribution in [3.05, 3.63) is 23.8 Å². The first-order chi connectivity index (χ1) is 15.9. The number of epoxide rings is 2. The van der Waals surface area contributed by atoms with E-state index in [-0.39, 0.29) is 58.3 Å². The fourth-order valence-corrected chi connectivity index (χ4v) is 9.70. The Balaban J connectivity index is 1.19. The van der Waals surface area contributed by atoms with E-state index >= 15 is 0 Å². The molecular weight excluding hydrogens is 432 g/mol. The van der Waals surface area contributed by atoms with Crippen LogP contribution in [0.15, 0.2) is 23.8 Å². The lowest BCUT2D eigenvalue weighted by Crippen LogP contribution is -2.60. The SMILES string of the molecule is CC(C1=CC(O)C2C3CC4OC45CC=CC(=O)C5(C)C3CCC12C)C1CC2(C)OC2(C)C(O)O1. The highest BCUT2D eigenvalue weighted by Crippen LogP contribution is 2.72. The van der Waals surface area contributed by atoms with Gasteiger partial charge in [0.1, 0.15) is 16.8 Å². The molecule has 3 heterocycles. The van der Waals surface area contributed by atoms with Gasteiger partial charge >= 0.3 is 0 Å². The Labute approximate surface area is 201 Å². The average Bonchev–Trinajstić information content (AvgIpc) is 3.59. The van der Waals surface area contributed by atoms with Crippen LogP contribution in [-0.4, -0.2) is 57.4 Å². The maximum atomic E-state index is 13.3. The second-order valence-electron chi connectivity index (χ2n) is 13.2. The zero-order valence-corrected chi connectivity index (χ0v) is 20.9. The number of aliphatic hydroxyl groups is 2. The van der Waals surface area contributed by atoms with Crippen molar-refractivity contribution in [2.24, 2.45) is 34.5 Å². The second-order valence-corrected chi connectivity index (χ2v) is 13.2. The molecular formula is C28H38O6. The molecule has 3 aliphatic heterocycles. The van der Waals surface area contributed by atoms with Crippen molar-refractivity contribution in [3.63, 3.8) is 0 Å². The number of hydrogen-bond donors (Lipinski definition) is 2. The molecule has 13 atom stereocenters. The summed E-state index contributed by atoms with van der Waals surface area (Å²) in [6, 6.07) is 0. The highest BCUT2D eigenvalue weighted by atomic mass is 16.7. The van der Waals surface area contributed by atoms with Gasteiger partial charge in [0.15, 0.2) is 12.1 Å². The number of ether oxygens (including phenoxy) is 3. The lowest BCUT2D eigenvalue weighted by atomic mass is 9.44. The van der Waals surface area contributed by atoms with E-state index in [0.29, 0.717) is 0 Å². The quantitative estimate of drug-likeness (QED) is 0.475. The molecule has 0 amide bonds. The third kappa shape index (κ3) is 2.30. The Hall–Kier alpha value is -1.05. The molecule has 0 bridgehead atoms. The van der Waals surface area contributed by atoms with Gasteiger partial charge in [0.05, 0.1) is 23.7 Å². The van der Waals surface area contributed by atoms with Crippen molar-refractivity contribution in [1.29, 1.82) is 0 Å². The molecule has 0 aromatic carbocycles. The predicted octanol–water partition coefficient (Wildman–Crippen LogP) is 3.30. The lowest BCUT2D eigenvalue weighted by molar-refractivity contribution is -0.192. The lowest BCUT2D eigenvalue weighted by Gasteiger charge is -2.57. The van der Waals surface area contributed by atoms with Gasteiger partial charge < -0.3 is 24.4 Å². The summed E-state index contributed by atoms with van der Waals surface area (Å²) >= 11 is 0. The molecule has 0 radical (unpaired) electrons. The first-order valence-electron chi connectivity index (χ1n) is 13.2. The number of carbonyl (C=O) groups excluding carboxylic acids is 1. The van der Waals surface area contributed by atoms with Crippen LogP contribution in [0.25, 0.3) is 0 Å². The van der Waals surface area contributed by atoms with E-state index in [9.17, 15) is 15.0 Å². The van der Waals surface area contributed by atoms with E-state index in [2.05, 4.69) is 33.8 Å². The Morgan fingerprint density at radius 3 is 2.68 bits per heavy atom. The molecule has 186 valence electrons. The van der Waals surface area contributed by atoms with Crippen LogP contribution in [0.2, 0.25) is 0 Å². The standard InChI is InChI=1S/C28H38O6/c1-14(19-13-25(3)27(5,34-25)23(31)32-19)17-12-18(29)22-15-11-21-28(33-21)9-6-7-20(30)26(28,4)16(15)8-10-24(17,22)2/h6-7,12,14-16,18-19,21-23,29,31H,8-11,13H2,1-5H3. The number of carbonyl (C=O) groups is 1. The normalized spacial score (nSPS) is 61.9. The maximum absolute atomic E-state index is 13.3. The van der Waals surface area contributed by atoms with Gasteiger partial charge in [0.2, 0.25) is 0 Å². The molecule has 3 saturated heterocycles. The fraction of sp³-hybridized carbons (Fsp3) is 0.821. The summed E-state index contributed by atoms with van der Waals surface area (Å²) in [5.41, 5.74) is -0.699. The summed E-state index contributed by atoms with van der Waals surface area (Å²) in [6.45, 7) is 10.6. The van der Waals surface area contributed by atoms with E-state index in [1.165, 1.54) is 5.57 Å². The number of allylic oxidation sites excluding steroid dienone is 1. The number of hydrogen-bond acceptors (Lipinski definition) is 6. The van der Waals surface area contributed by atoms with E-state index < -0.39 is 23.4 Å². The van der Waals surface area contributed by atoms with Crippen molar-refractivity contribution in [2.75, 3.05) is 0 Å². The van der Waals surface area contributed by atoms with E-state index in [0.717, 1.165) is 32.1 Å². The Morgan fingerprint density at radius 1 is 1.18 bits per heavy atom. The van der Waals surface area contributed by atoms with Crippen molar-refractivity contribution in [1.82, 2.24) is 0 Å². The molecule has 6 nitrogen and oxygen atoms in total. The van der Waals surface area contributed by atoms with Crippen molar-refractivity contribution in [2.45, 2.75) is 108 Å². The molecule has 34 heavy (non-hydrogen) atoms. The third-order valence-electron chi connectivity index (χ3n) is 12.1. The molecule has 13 unspecified atom stereocenters. The molecule has 2 saturated carbocycles. The Bertz CT molecular complexity index is 1040. The van der Waals surface area contributed by atoms with Crippen LogP contribution in [-0.2, 0) is 19.0 Å². The Morgan fingerprint density at radius 2 is 1.94 bits per heavy atom. The van der Waals surface area contributed by atoms with Crippen molar-refractivity contribution in [3.8, 4) is 0 Å². The predicted molar refractivity (Wildman–Crippen MR) is 124 cm³/mol. The van der Waals surface area contributed by atoms with Crippen LogP contribution >= 0.6 is 0 Å². The second kappa shape index (κ2) is 6.25. The first-order valence-corrected chi connectivity index (χ1v) is 13.2. The van der Waals surface area contributed by atoms with Gasteiger partial charge in [0.25, 0.3) is 0 Å². The molecule has 7 rings (SSSR count). The molecule has 5 fully saturated rings. The van der Waals surface area contributed by atoms with Crippen LogP contribution in [0, 0.1) is 34.5 Å². The van der Waals surface area contributed by atoms with Gasteiger partial charge in [-0.2, -0.15) is 0 Å². The number of fused-ring (bicyclic) bond motifs is 5. The minimum absolute atomic E-state index is 0.0658. The number of ketones is 1. The monoisotopic (exact) mass is 470 g/mol. The zero-order valence-electron chi connectivity index (χ0n) is 20.9. The summed E-state index contributed by atoms with van der Waals surface area (Å²) in [6.07, 6.45) is 8.74. The Kier molecular flexibility index (Phi) is 4.08. The summed E-state index contributed by atoms with van der Waals surface area (Å²) in [5, 5.41) is 22.1. The minimum atomic E-state index is -0.936. The zero-order chi connectivity index (χ0) is 24.1. The highest BCUT2D eigenvalue weighted by molar-refractivity contribution is 5.97. The van der Waals surface area contributed by atoms with Crippen LogP contribution < -0.4 is 0 Å². The average molecular weight is 471 g/mol. The highest BCUT2D eigenvalue weighted by Gasteiger charge is 2.78. The summed E-state index contributed by atoms with van der Waals surface area (Å²) in [5.74, 6) is 0.830. The number of rotatable bonds is 2. The van der Waals surface area contributed by atoms with Crippen LogP contribution in [0.3, 0.4) is 0 Å². The van der Waals surface area contributed by atoms with Crippen LogP contribution in [0.1, 0.15) is 66.7 Å². The van der Waals surface area contributed by atoms with E-state index in [1.54, 1.807) is 6.08 Å².